The van der Waals surface area contributed by atoms with E-state index >= 15 is 0 Å². The van der Waals surface area contributed by atoms with Crippen molar-refractivity contribution in [3.05, 3.63) is 71.0 Å². The van der Waals surface area contributed by atoms with Crippen molar-refractivity contribution in [3.8, 4) is 5.69 Å². The van der Waals surface area contributed by atoms with Crippen LogP contribution in [0.4, 0.5) is 11.4 Å². The standard InChI is InChI=1S/C27H33N5O3/c1-19-25(13-14-26(33)35-4)20(2)32(29-19)24-9-5-21(6-10-24)27(34)28-22-7-11-23(12-8-22)31-17-15-30(3)16-18-31/h5-12H,13-18H2,1-4H3,(H,28,34). The van der Waals surface area contributed by atoms with Gasteiger partial charge in [0.05, 0.1) is 18.5 Å². The molecule has 2 heterocycles. The van der Waals surface area contributed by atoms with Crippen molar-refractivity contribution in [1.29, 1.82) is 0 Å². The first kappa shape index (κ1) is 24.5. The Morgan fingerprint density at radius 2 is 1.57 bits per heavy atom. The van der Waals surface area contributed by atoms with Crippen molar-refractivity contribution in [2.45, 2.75) is 26.7 Å². The number of hydrogen-bond donors (Lipinski definition) is 1. The average molecular weight is 476 g/mol. The van der Waals surface area contributed by atoms with Crippen LogP contribution in [0.15, 0.2) is 48.5 Å². The molecule has 35 heavy (non-hydrogen) atoms. The molecule has 8 heteroatoms. The molecule has 4 rings (SSSR count). The maximum atomic E-state index is 12.8. The molecule has 1 aliphatic heterocycles. The van der Waals surface area contributed by atoms with Crippen LogP contribution in [-0.4, -0.2) is 66.9 Å². The van der Waals surface area contributed by atoms with Gasteiger partial charge in [0.25, 0.3) is 5.91 Å². The van der Waals surface area contributed by atoms with E-state index in [2.05, 4.69) is 39.4 Å². The molecule has 0 saturated carbocycles. The number of rotatable bonds is 7. The lowest BCUT2D eigenvalue weighted by atomic mass is 10.1. The number of ether oxygens (including phenoxy) is 1. The van der Waals surface area contributed by atoms with Crippen LogP contribution in [0.2, 0.25) is 0 Å². The Labute approximate surface area is 206 Å². The first-order valence-corrected chi connectivity index (χ1v) is 11.9. The first-order valence-electron chi connectivity index (χ1n) is 11.9. The molecular formula is C27H33N5O3. The van der Waals surface area contributed by atoms with Crippen molar-refractivity contribution in [2.24, 2.45) is 0 Å². The van der Waals surface area contributed by atoms with E-state index in [0.29, 0.717) is 18.4 Å². The zero-order valence-corrected chi connectivity index (χ0v) is 20.9. The molecule has 1 fully saturated rings. The second kappa shape index (κ2) is 10.7. The Bertz CT molecular complexity index is 1180. The van der Waals surface area contributed by atoms with Gasteiger partial charge in [-0.15, -0.1) is 0 Å². The molecule has 2 aromatic carbocycles. The lowest BCUT2D eigenvalue weighted by molar-refractivity contribution is -0.140. The molecule has 1 N–H and O–H groups in total. The van der Waals surface area contributed by atoms with E-state index in [4.69, 9.17) is 4.74 Å². The summed E-state index contributed by atoms with van der Waals surface area (Å²) in [6, 6.07) is 15.4. The molecule has 3 aromatic rings. The smallest absolute Gasteiger partial charge is 0.305 e. The fourth-order valence-electron chi connectivity index (χ4n) is 4.39. The highest BCUT2D eigenvalue weighted by atomic mass is 16.5. The molecule has 1 saturated heterocycles. The lowest BCUT2D eigenvalue weighted by Crippen LogP contribution is -2.44. The Morgan fingerprint density at radius 3 is 2.20 bits per heavy atom. The van der Waals surface area contributed by atoms with Gasteiger partial charge in [0.15, 0.2) is 0 Å². The largest absolute Gasteiger partial charge is 0.469 e. The first-order chi connectivity index (χ1) is 16.9. The van der Waals surface area contributed by atoms with Gasteiger partial charge in [0.2, 0.25) is 0 Å². The number of piperazine rings is 1. The summed E-state index contributed by atoms with van der Waals surface area (Å²) in [5.41, 5.74) is 6.28. The second-order valence-corrected chi connectivity index (χ2v) is 8.98. The fraction of sp³-hybridized carbons (Fsp3) is 0.370. The minimum absolute atomic E-state index is 0.156. The van der Waals surface area contributed by atoms with Gasteiger partial charge in [-0.25, -0.2) is 4.68 Å². The van der Waals surface area contributed by atoms with Crippen LogP contribution in [0, 0.1) is 13.8 Å². The highest BCUT2D eigenvalue weighted by Crippen LogP contribution is 2.22. The monoisotopic (exact) mass is 475 g/mol. The molecular weight excluding hydrogens is 442 g/mol. The van der Waals surface area contributed by atoms with Crippen LogP contribution in [-0.2, 0) is 16.0 Å². The van der Waals surface area contributed by atoms with Crippen LogP contribution in [0.25, 0.3) is 5.69 Å². The van der Waals surface area contributed by atoms with Crippen LogP contribution in [0.1, 0.15) is 33.7 Å². The molecule has 0 spiro atoms. The normalized spacial score (nSPS) is 14.1. The van der Waals surface area contributed by atoms with Gasteiger partial charge in [0.1, 0.15) is 0 Å². The molecule has 0 unspecified atom stereocenters. The quantitative estimate of drug-likeness (QED) is 0.526. The highest BCUT2D eigenvalue weighted by molar-refractivity contribution is 6.04. The SMILES string of the molecule is COC(=O)CCc1c(C)nn(-c2ccc(C(=O)Nc3ccc(N4CCN(C)CC4)cc3)cc2)c1C. The molecule has 1 aliphatic rings. The molecule has 0 atom stereocenters. The molecule has 1 amide bonds. The van der Waals surface area contributed by atoms with Crippen LogP contribution >= 0.6 is 0 Å². The summed E-state index contributed by atoms with van der Waals surface area (Å²) in [4.78, 5) is 29.0. The van der Waals surface area contributed by atoms with E-state index in [1.165, 1.54) is 12.8 Å². The number of benzene rings is 2. The molecule has 1 aromatic heterocycles. The lowest BCUT2D eigenvalue weighted by Gasteiger charge is -2.34. The van der Waals surface area contributed by atoms with E-state index in [9.17, 15) is 9.59 Å². The fourth-order valence-corrected chi connectivity index (χ4v) is 4.39. The van der Waals surface area contributed by atoms with Gasteiger partial charge in [-0.3, -0.25) is 9.59 Å². The van der Waals surface area contributed by atoms with E-state index < -0.39 is 0 Å². The number of amides is 1. The average Bonchev–Trinajstić information content (AvgIpc) is 3.16. The van der Waals surface area contributed by atoms with Gasteiger partial charge in [-0.2, -0.15) is 5.10 Å². The van der Waals surface area contributed by atoms with Gasteiger partial charge >= 0.3 is 5.97 Å². The number of esters is 1. The third kappa shape index (κ3) is 5.71. The van der Waals surface area contributed by atoms with Crippen LogP contribution in [0.3, 0.4) is 0 Å². The van der Waals surface area contributed by atoms with E-state index in [0.717, 1.165) is 54.5 Å². The van der Waals surface area contributed by atoms with Crippen LogP contribution < -0.4 is 10.2 Å². The van der Waals surface area contributed by atoms with Gasteiger partial charge in [0, 0.05) is 55.2 Å². The molecule has 0 bridgehead atoms. The van der Waals surface area contributed by atoms with Crippen molar-refractivity contribution in [2.75, 3.05) is 50.6 Å². The third-order valence-electron chi connectivity index (χ3n) is 6.62. The second-order valence-electron chi connectivity index (χ2n) is 8.98. The van der Waals surface area contributed by atoms with Crippen molar-refractivity contribution >= 4 is 23.3 Å². The molecule has 0 aliphatic carbocycles. The number of carbonyl (C=O) groups is 2. The van der Waals surface area contributed by atoms with Crippen LogP contribution in [0.5, 0.6) is 0 Å². The zero-order valence-electron chi connectivity index (χ0n) is 20.9. The van der Waals surface area contributed by atoms with E-state index in [-0.39, 0.29) is 11.9 Å². The van der Waals surface area contributed by atoms with Gasteiger partial charge in [-0.05, 0) is 81.4 Å². The number of aromatic nitrogens is 2. The number of aryl methyl sites for hydroxylation is 1. The molecule has 8 nitrogen and oxygen atoms in total. The molecule has 184 valence electrons. The summed E-state index contributed by atoms with van der Waals surface area (Å²) in [6.07, 6.45) is 0.901. The highest BCUT2D eigenvalue weighted by Gasteiger charge is 2.16. The number of nitrogens with zero attached hydrogens (tertiary/aromatic N) is 4. The zero-order chi connectivity index (χ0) is 24.9. The Balaban J connectivity index is 1.40. The Kier molecular flexibility index (Phi) is 7.51. The summed E-state index contributed by atoms with van der Waals surface area (Å²) in [6.45, 7) is 8.06. The van der Waals surface area contributed by atoms with Gasteiger partial charge in [-0.1, -0.05) is 0 Å². The van der Waals surface area contributed by atoms with Crippen molar-refractivity contribution in [1.82, 2.24) is 14.7 Å². The number of hydrogen-bond acceptors (Lipinski definition) is 6. The summed E-state index contributed by atoms with van der Waals surface area (Å²) in [5.74, 6) is -0.392. The number of carbonyl (C=O) groups excluding carboxylic acids is 2. The van der Waals surface area contributed by atoms with Crippen molar-refractivity contribution < 1.29 is 14.3 Å². The minimum atomic E-state index is -0.235. The van der Waals surface area contributed by atoms with Gasteiger partial charge < -0.3 is 19.9 Å². The minimum Gasteiger partial charge on any atom is -0.469 e. The summed E-state index contributed by atoms with van der Waals surface area (Å²) < 4.78 is 6.60. The molecule has 0 radical (unpaired) electrons. The number of likely N-dealkylation sites (N-methyl/N-ethyl adjacent to an activating group) is 1. The van der Waals surface area contributed by atoms with E-state index in [1.807, 2.05) is 42.8 Å². The number of anilines is 2. The topological polar surface area (TPSA) is 79.7 Å². The van der Waals surface area contributed by atoms with E-state index in [1.54, 1.807) is 12.1 Å². The summed E-state index contributed by atoms with van der Waals surface area (Å²) >= 11 is 0. The number of nitrogens with one attached hydrogen (secondary N) is 1. The summed E-state index contributed by atoms with van der Waals surface area (Å²) in [7, 11) is 3.54. The Morgan fingerprint density at radius 1 is 0.943 bits per heavy atom. The predicted octanol–water partition coefficient (Wildman–Crippen LogP) is 3.60. The maximum Gasteiger partial charge on any atom is 0.305 e. The summed E-state index contributed by atoms with van der Waals surface area (Å²) in [5, 5.41) is 7.61. The number of methoxy groups -OCH3 is 1. The third-order valence-corrected chi connectivity index (χ3v) is 6.62. The maximum absolute atomic E-state index is 12.8. The Hall–Kier alpha value is -3.65. The van der Waals surface area contributed by atoms with Crippen molar-refractivity contribution in [3.63, 3.8) is 0 Å². The predicted molar refractivity (Wildman–Crippen MR) is 137 cm³/mol.